The van der Waals surface area contributed by atoms with Gasteiger partial charge in [0.2, 0.25) is 0 Å². The maximum atomic E-state index is 10.6. The van der Waals surface area contributed by atoms with E-state index in [0.717, 1.165) is 12.0 Å². The number of hydrogen-bond acceptors (Lipinski definition) is 4. The molecule has 0 amide bonds. The lowest BCUT2D eigenvalue weighted by atomic mass is 10.1. The Morgan fingerprint density at radius 2 is 1.90 bits per heavy atom. The standard InChI is InChI=1S/C14H13ClN2O3/c15-13-9-11(17(18)19)3-6-14(13)20-12-4-1-10(2-5-12)7-8-16/h1-6,9H,7-8,16H2. The van der Waals surface area contributed by atoms with Gasteiger partial charge in [-0.25, -0.2) is 0 Å². The topological polar surface area (TPSA) is 78.4 Å². The van der Waals surface area contributed by atoms with Crippen LogP contribution in [0.3, 0.4) is 0 Å². The van der Waals surface area contributed by atoms with E-state index in [1.807, 2.05) is 24.3 Å². The molecular formula is C14H13ClN2O3. The molecule has 0 heterocycles. The first-order chi connectivity index (χ1) is 9.60. The Labute approximate surface area is 121 Å². The van der Waals surface area contributed by atoms with Gasteiger partial charge in [-0.05, 0) is 36.7 Å². The summed E-state index contributed by atoms with van der Waals surface area (Å²) in [5.74, 6) is 0.991. The van der Waals surface area contributed by atoms with Crippen molar-refractivity contribution in [2.45, 2.75) is 6.42 Å². The molecule has 20 heavy (non-hydrogen) atoms. The third-order valence-corrected chi connectivity index (χ3v) is 3.01. The van der Waals surface area contributed by atoms with Crippen molar-refractivity contribution in [2.24, 2.45) is 5.73 Å². The van der Waals surface area contributed by atoms with Crippen molar-refractivity contribution in [3.05, 3.63) is 63.2 Å². The van der Waals surface area contributed by atoms with E-state index < -0.39 is 4.92 Å². The number of non-ortho nitro benzene ring substituents is 1. The van der Waals surface area contributed by atoms with Gasteiger partial charge in [0, 0.05) is 12.1 Å². The van der Waals surface area contributed by atoms with Gasteiger partial charge in [-0.1, -0.05) is 23.7 Å². The Kier molecular flexibility index (Phi) is 4.55. The Balaban J connectivity index is 2.15. The third kappa shape index (κ3) is 3.46. The van der Waals surface area contributed by atoms with Crippen LogP contribution in [0.4, 0.5) is 5.69 Å². The van der Waals surface area contributed by atoms with Gasteiger partial charge in [-0.3, -0.25) is 10.1 Å². The lowest BCUT2D eigenvalue weighted by Crippen LogP contribution is -2.02. The summed E-state index contributed by atoms with van der Waals surface area (Å²) >= 11 is 5.96. The maximum Gasteiger partial charge on any atom is 0.271 e. The number of benzene rings is 2. The molecule has 0 bridgehead atoms. The van der Waals surface area contributed by atoms with Gasteiger partial charge in [0.05, 0.1) is 9.95 Å². The highest BCUT2D eigenvalue weighted by Gasteiger charge is 2.10. The van der Waals surface area contributed by atoms with E-state index in [1.165, 1.54) is 18.2 Å². The minimum atomic E-state index is -0.503. The first-order valence-electron chi connectivity index (χ1n) is 6.01. The normalized spacial score (nSPS) is 10.3. The molecule has 0 aliphatic heterocycles. The van der Waals surface area contributed by atoms with Crippen molar-refractivity contribution < 1.29 is 9.66 Å². The summed E-state index contributed by atoms with van der Waals surface area (Å²) in [5.41, 5.74) is 6.53. The Morgan fingerprint density at radius 3 is 2.45 bits per heavy atom. The van der Waals surface area contributed by atoms with Crippen LogP contribution < -0.4 is 10.5 Å². The summed E-state index contributed by atoms with van der Waals surface area (Å²) in [4.78, 5) is 10.1. The highest BCUT2D eigenvalue weighted by atomic mass is 35.5. The average Bonchev–Trinajstić information content (AvgIpc) is 2.43. The maximum absolute atomic E-state index is 10.6. The molecule has 2 aromatic rings. The molecule has 0 radical (unpaired) electrons. The summed E-state index contributed by atoms with van der Waals surface area (Å²) in [6, 6.07) is 11.5. The van der Waals surface area contributed by atoms with Crippen LogP contribution in [-0.4, -0.2) is 11.5 Å². The van der Waals surface area contributed by atoms with E-state index in [9.17, 15) is 10.1 Å². The number of ether oxygens (including phenoxy) is 1. The fourth-order valence-electron chi connectivity index (χ4n) is 1.70. The number of hydrogen-bond donors (Lipinski definition) is 1. The predicted molar refractivity (Wildman–Crippen MR) is 77.4 cm³/mol. The molecule has 0 aromatic heterocycles. The summed E-state index contributed by atoms with van der Waals surface area (Å²) in [5, 5.41) is 10.8. The van der Waals surface area contributed by atoms with Crippen LogP contribution in [0.2, 0.25) is 5.02 Å². The molecule has 0 fully saturated rings. The van der Waals surface area contributed by atoms with Gasteiger partial charge in [0.15, 0.2) is 0 Å². The largest absolute Gasteiger partial charge is 0.456 e. The molecule has 0 unspecified atom stereocenters. The van der Waals surface area contributed by atoms with Gasteiger partial charge >= 0.3 is 0 Å². The second kappa shape index (κ2) is 6.36. The van der Waals surface area contributed by atoms with Crippen molar-refractivity contribution in [1.29, 1.82) is 0 Å². The molecule has 0 spiro atoms. The zero-order chi connectivity index (χ0) is 14.5. The number of halogens is 1. The number of nitro groups is 1. The van der Waals surface area contributed by atoms with Crippen LogP contribution in [0.1, 0.15) is 5.56 Å². The minimum Gasteiger partial charge on any atom is -0.456 e. The van der Waals surface area contributed by atoms with E-state index in [0.29, 0.717) is 18.0 Å². The van der Waals surface area contributed by atoms with Crippen molar-refractivity contribution in [2.75, 3.05) is 6.54 Å². The van der Waals surface area contributed by atoms with Gasteiger partial charge in [-0.15, -0.1) is 0 Å². The van der Waals surface area contributed by atoms with Crippen molar-refractivity contribution >= 4 is 17.3 Å². The molecule has 104 valence electrons. The van der Waals surface area contributed by atoms with Crippen LogP contribution in [0.15, 0.2) is 42.5 Å². The van der Waals surface area contributed by atoms with Crippen LogP contribution in [-0.2, 0) is 6.42 Å². The number of nitrogens with zero attached hydrogens (tertiary/aromatic N) is 1. The van der Waals surface area contributed by atoms with Crippen molar-refractivity contribution in [3.8, 4) is 11.5 Å². The molecule has 6 heteroatoms. The second-order valence-corrected chi connectivity index (χ2v) is 4.56. The summed E-state index contributed by atoms with van der Waals surface area (Å²) in [7, 11) is 0. The molecule has 5 nitrogen and oxygen atoms in total. The van der Waals surface area contributed by atoms with Crippen LogP contribution in [0.5, 0.6) is 11.5 Å². The fourth-order valence-corrected chi connectivity index (χ4v) is 1.92. The second-order valence-electron chi connectivity index (χ2n) is 4.16. The molecule has 0 saturated heterocycles. The number of rotatable bonds is 5. The van der Waals surface area contributed by atoms with Crippen LogP contribution >= 0.6 is 11.6 Å². The Bertz CT molecular complexity index is 614. The molecule has 0 aliphatic carbocycles. The van der Waals surface area contributed by atoms with E-state index in [2.05, 4.69) is 0 Å². The molecular weight excluding hydrogens is 280 g/mol. The van der Waals surface area contributed by atoms with Gasteiger partial charge in [0.25, 0.3) is 5.69 Å². The summed E-state index contributed by atoms with van der Waals surface area (Å²) in [6.07, 6.45) is 0.804. The Morgan fingerprint density at radius 1 is 1.20 bits per heavy atom. The smallest absolute Gasteiger partial charge is 0.271 e. The van der Waals surface area contributed by atoms with E-state index >= 15 is 0 Å². The summed E-state index contributed by atoms with van der Waals surface area (Å²) in [6.45, 7) is 0.592. The summed E-state index contributed by atoms with van der Waals surface area (Å²) < 4.78 is 5.59. The molecule has 2 N–H and O–H groups in total. The first-order valence-corrected chi connectivity index (χ1v) is 6.39. The third-order valence-electron chi connectivity index (χ3n) is 2.71. The van der Waals surface area contributed by atoms with Gasteiger partial charge in [0.1, 0.15) is 11.5 Å². The van der Waals surface area contributed by atoms with Gasteiger partial charge < -0.3 is 10.5 Å². The highest BCUT2D eigenvalue weighted by molar-refractivity contribution is 6.32. The predicted octanol–water partition coefficient (Wildman–Crippen LogP) is 3.54. The zero-order valence-corrected chi connectivity index (χ0v) is 11.3. The number of nitro benzene ring substituents is 1. The molecule has 0 aliphatic rings. The Hall–Kier alpha value is -2.11. The van der Waals surface area contributed by atoms with E-state index in [1.54, 1.807) is 0 Å². The van der Waals surface area contributed by atoms with Crippen molar-refractivity contribution in [1.82, 2.24) is 0 Å². The average molecular weight is 293 g/mol. The molecule has 2 aromatic carbocycles. The molecule has 0 atom stereocenters. The van der Waals surface area contributed by atoms with E-state index in [4.69, 9.17) is 22.1 Å². The van der Waals surface area contributed by atoms with Crippen LogP contribution in [0, 0.1) is 10.1 Å². The molecule has 2 rings (SSSR count). The van der Waals surface area contributed by atoms with E-state index in [-0.39, 0.29) is 10.7 Å². The zero-order valence-electron chi connectivity index (χ0n) is 10.6. The van der Waals surface area contributed by atoms with Crippen LogP contribution in [0.25, 0.3) is 0 Å². The number of nitrogens with two attached hydrogens (primary N) is 1. The van der Waals surface area contributed by atoms with Gasteiger partial charge in [-0.2, -0.15) is 0 Å². The molecule has 0 saturated carbocycles. The first kappa shape index (κ1) is 14.3. The SMILES string of the molecule is NCCc1ccc(Oc2ccc([N+](=O)[O-])cc2Cl)cc1. The fraction of sp³-hybridized carbons (Fsp3) is 0.143. The minimum absolute atomic E-state index is 0.0688. The van der Waals surface area contributed by atoms with Crippen molar-refractivity contribution in [3.63, 3.8) is 0 Å². The quantitative estimate of drug-likeness (QED) is 0.675. The monoisotopic (exact) mass is 292 g/mol. The lowest BCUT2D eigenvalue weighted by Gasteiger charge is -2.08. The lowest BCUT2D eigenvalue weighted by molar-refractivity contribution is -0.384. The highest BCUT2D eigenvalue weighted by Crippen LogP contribution is 2.32.